The molecule has 0 saturated carbocycles. The van der Waals surface area contributed by atoms with E-state index in [1.54, 1.807) is 16.9 Å². The first-order valence-corrected chi connectivity index (χ1v) is 8.30. The molecule has 0 aliphatic heterocycles. The molecular weight excluding hydrogens is 293 g/mol. The van der Waals surface area contributed by atoms with Crippen molar-refractivity contribution < 1.29 is 12.8 Å². The topological polar surface area (TPSA) is 78.0 Å². The molecule has 0 amide bonds. The molecule has 0 fully saturated rings. The molecular formula is C14H18FN3O2S. The second-order valence-corrected chi connectivity index (χ2v) is 6.98. The molecule has 5 nitrogen and oxygen atoms in total. The Morgan fingerprint density at radius 3 is 2.71 bits per heavy atom. The Morgan fingerprint density at radius 1 is 1.38 bits per heavy atom. The second kappa shape index (κ2) is 5.85. The molecule has 0 bridgehead atoms. The Hall–Kier alpha value is -1.89. The van der Waals surface area contributed by atoms with Crippen molar-refractivity contribution in [3.63, 3.8) is 0 Å². The van der Waals surface area contributed by atoms with E-state index in [0.29, 0.717) is 5.69 Å². The number of nitrogens with zero attached hydrogens (tertiary/aromatic N) is 2. The fourth-order valence-corrected chi connectivity index (χ4v) is 3.13. The van der Waals surface area contributed by atoms with E-state index in [1.165, 1.54) is 12.1 Å². The van der Waals surface area contributed by atoms with Gasteiger partial charge in [-0.1, -0.05) is 6.92 Å². The Labute approximate surface area is 123 Å². The second-order valence-electron chi connectivity index (χ2n) is 4.99. The highest BCUT2D eigenvalue weighted by Crippen LogP contribution is 2.20. The maximum absolute atomic E-state index is 13.4. The predicted molar refractivity (Wildman–Crippen MR) is 78.9 cm³/mol. The van der Waals surface area contributed by atoms with E-state index in [9.17, 15) is 12.8 Å². The lowest BCUT2D eigenvalue weighted by Gasteiger charge is -2.08. The minimum Gasteiger partial charge on any atom is -0.396 e. The summed E-state index contributed by atoms with van der Waals surface area (Å²) in [4.78, 5) is -0.0905. The Kier molecular flexibility index (Phi) is 4.32. The summed E-state index contributed by atoms with van der Waals surface area (Å²) in [5, 5.41) is 4.25. The van der Waals surface area contributed by atoms with Crippen molar-refractivity contribution >= 4 is 15.5 Å². The summed E-state index contributed by atoms with van der Waals surface area (Å²) >= 11 is 0. The molecule has 0 aliphatic carbocycles. The SMILES string of the molecule is CCC(C)n1ccc(CS(=O)(=O)c2ccc(N)c(F)c2)n1. The Balaban J connectivity index is 2.24. The van der Waals surface area contributed by atoms with Gasteiger partial charge in [0.05, 0.1) is 22.0 Å². The summed E-state index contributed by atoms with van der Waals surface area (Å²) < 4.78 is 39.6. The van der Waals surface area contributed by atoms with E-state index in [0.717, 1.165) is 12.5 Å². The van der Waals surface area contributed by atoms with Crippen molar-refractivity contribution in [2.24, 2.45) is 0 Å². The highest BCUT2D eigenvalue weighted by molar-refractivity contribution is 7.90. The van der Waals surface area contributed by atoms with Crippen molar-refractivity contribution in [1.29, 1.82) is 0 Å². The van der Waals surface area contributed by atoms with Crippen LogP contribution in [0.2, 0.25) is 0 Å². The molecule has 2 rings (SSSR count). The van der Waals surface area contributed by atoms with Gasteiger partial charge in [-0.15, -0.1) is 0 Å². The van der Waals surface area contributed by atoms with Gasteiger partial charge in [0.2, 0.25) is 0 Å². The summed E-state index contributed by atoms with van der Waals surface area (Å²) in [5.41, 5.74) is 5.71. The molecule has 0 saturated heterocycles. The zero-order valence-corrected chi connectivity index (χ0v) is 12.8. The lowest BCUT2D eigenvalue weighted by atomic mass is 10.3. The summed E-state index contributed by atoms with van der Waals surface area (Å²) in [6.07, 6.45) is 2.65. The average molecular weight is 311 g/mol. The number of aromatic nitrogens is 2. The molecule has 1 atom stereocenters. The largest absolute Gasteiger partial charge is 0.396 e. The molecule has 1 unspecified atom stereocenters. The number of hydrogen-bond donors (Lipinski definition) is 1. The standard InChI is InChI=1S/C14H18FN3O2S/c1-3-10(2)18-7-6-11(17-18)9-21(19,20)12-4-5-14(16)13(15)8-12/h4-8,10H,3,9,16H2,1-2H3. The van der Waals surface area contributed by atoms with E-state index in [-0.39, 0.29) is 22.4 Å². The fourth-order valence-electron chi connectivity index (χ4n) is 1.87. The fraction of sp³-hybridized carbons (Fsp3) is 0.357. The van der Waals surface area contributed by atoms with Crippen LogP contribution in [-0.2, 0) is 15.6 Å². The van der Waals surface area contributed by atoms with Gasteiger partial charge in [0, 0.05) is 12.2 Å². The molecule has 2 N–H and O–H groups in total. The molecule has 0 radical (unpaired) electrons. The van der Waals surface area contributed by atoms with Crippen LogP contribution >= 0.6 is 0 Å². The van der Waals surface area contributed by atoms with Crippen LogP contribution in [0.1, 0.15) is 32.0 Å². The normalized spacial score (nSPS) is 13.3. The number of benzene rings is 1. The van der Waals surface area contributed by atoms with Gasteiger partial charge in [-0.3, -0.25) is 4.68 Å². The van der Waals surface area contributed by atoms with E-state index in [1.807, 2.05) is 13.8 Å². The summed E-state index contributed by atoms with van der Waals surface area (Å²) in [6.45, 7) is 4.03. The molecule has 2 aromatic rings. The number of halogens is 1. The van der Waals surface area contributed by atoms with Gasteiger partial charge in [-0.25, -0.2) is 12.8 Å². The number of nitrogens with two attached hydrogens (primary N) is 1. The van der Waals surface area contributed by atoms with E-state index in [2.05, 4.69) is 5.10 Å². The van der Waals surface area contributed by atoms with E-state index >= 15 is 0 Å². The lowest BCUT2D eigenvalue weighted by Crippen LogP contribution is -2.09. The number of anilines is 1. The third kappa shape index (κ3) is 3.41. The maximum atomic E-state index is 13.4. The quantitative estimate of drug-likeness (QED) is 0.861. The third-order valence-electron chi connectivity index (χ3n) is 3.37. The van der Waals surface area contributed by atoms with Crippen LogP contribution in [0.5, 0.6) is 0 Å². The zero-order valence-electron chi connectivity index (χ0n) is 12.0. The van der Waals surface area contributed by atoms with Crippen LogP contribution in [0.25, 0.3) is 0 Å². The molecule has 1 heterocycles. The van der Waals surface area contributed by atoms with E-state index < -0.39 is 15.7 Å². The third-order valence-corrected chi connectivity index (χ3v) is 5.02. The van der Waals surface area contributed by atoms with Crippen molar-refractivity contribution in [3.8, 4) is 0 Å². The van der Waals surface area contributed by atoms with Gasteiger partial charge in [-0.2, -0.15) is 5.10 Å². The molecule has 114 valence electrons. The van der Waals surface area contributed by atoms with Gasteiger partial charge in [0.15, 0.2) is 9.84 Å². The van der Waals surface area contributed by atoms with Gasteiger partial charge < -0.3 is 5.73 Å². The van der Waals surface area contributed by atoms with Crippen LogP contribution in [0.4, 0.5) is 10.1 Å². The smallest absolute Gasteiger partial charge is 0.184 e. The molecule has 0 aliphatic rings. The van der Waals surface area contributed by atoms with Crippen molar-refractivity contribution in [3.05, 3.63) is 42.0 Å². The first kappa shape index (κ1) is 15.5. The Morgan fingerprint density at radius 2 is 2.10 bits per heavy atom. The van der Waals surface area contributed by atoms with Gasteiger partial charge >= 0.3 is 0 Å². The minimum atomic E-state index is -3.64. The lowest BCUT2D eigenvalue weighted by molar-refractivity contribution is 0.475. The summed E-state index contributed by atoms with van der Waals surface area (Å²) in [6, 6.07) is 5.36. The van der Waals surface area contributed by atoms with Crippen molar-refractivity contribution in [2.45, 2.75) is 37.0 Å². The van der Waals surface area contributed by atoms with Crippen molar-refractivity contribution in [1.82, 2.24) is 9.78 Å². The molecule has 7 heteroatoms. The molecule has 1 aromatic heterocycles. The highest BCUT2D eigenvalue weighted by atomic mass is 32.2. The van der Waals surface area contributed by atoms with Crippen LogP contribution in [0.3, 0.4) is 0 Å². The summed E-state index contributed by atoms with van der Waals surface area (Å²) in [7, 11) is -3.64. The molecule has 0 spiro atoms. The molecule has 21 heavy (non-hydrogen) atoms. The number of rotatable bonds is 5. The van der Waals surface area contributed by atoms with Gasteiger partial charge in [0.25, 0.3) is 0 Å². The maximum Gasteiger partial charge on any atom is 0.184 e. The Bertz CT molecular complexity index is 740. The van der Waals surface area contributed by atoms with Crippen LogP contribution < -0.4 is 5.73 Å². The molecule has 1 aromatic carbocycles. The first-order valence-electron chi connectivity index (χ1n) is 6.65. The highest BCUT2D eigenvalue weighted by Gasteiger charge is 2.19. The number of sulfone groups is 1. The zero-order chi connectivity index (χ0) is 15.6. The monoisotopic (exact) mass is 311 g/mol. The van der Waals surface area contributed by atoms with E-state index in [4.69, 9.17) is 5.73 Å². The van der Waals surface area contributed by atoms with Crippen molar-refractivity contribution in [2.75, 3.05) is 5.73 Å². The van der Waals surface area contributed by atoms with Crippen LogP contribution in [0, 0.1) is 5.82 Å². The minimum absolute atomic E-state index is 0.0741. The average Bonchev–Trinajstić information content (AvgIpc) is 2.88. The number of nitrogen functional groups attached to an aromatic ring is 1. The van der Waals surface area contributed by atoms with Gasteiger partial charge in [0.1, 0.15) is 5.82 Å². The first-order chi connectivity index (χ1) is 9.83. The van der Waals surface area contributed by atoms with Gasteiger partial charge in [-0.05, 0) is 37.6 Å². The predicted octanol–water partition coefficient (Wildman–Crippen LogP) is 2.55. The summed E-state index contributed by atoms with van der Waals surface area (Å²) in [5.74, 6) is -0.999. The number of hydrogen-bond acceptors (Lipinski definition) is 4. The van der Waals surface area contributed by atoms with Crippen LogP contribution in [-0.4, -0.2) is 18.2 Å². The van der Waals surface area contributed by atoms with Crippen LogP contribution in [0.15, 0.2) is 35.4 Å².